The van der Waals surface area contributed by atoms with Gasteiger partial charge in [-0.1, -0.05) is 37.2 Å². The highest BCUT2D eigenvalue weighted by molar-refractivity contribution is 7.22. The quantitative estimate of drug-likeness (QED) is 0.722. The Hall–Kier alpha value is -2.35. The molecule has 124 valence electrons. The van der Waals surface area contributed by atoms with Crippen LogP contribution in [0.1, 0.15) is 26.2 Å². The van der Waals surface area contributed by atoms with Crippen molar-refractivity contribution in [1.82, 2.24) is 10.3 Å². The molecule has 0 aliphatic heterocycles. The summed E-state index contributed by atoms with van der Waals surface area (Å²) in [6.07, 6.45) is 2.26. The number of anilines is 1. The molecule has 0 spiro atoms. The maximum Gasteiger partial charge on any atom is 0.312 e. The van der Waals surface area contributed by atoms with Gasteiger partial charge in [0.1, 0.15) is 17.3 Å². The fraction of sp³-hybridized carbons (Fsp3) is 0.400. The van der Waals surface area contributed by atoms with Crippen molar-refractivity contribution in [2.45, 2.75) is 32.2 Å². The van der Waals surface area contributed by atoms with Crippen LogP contribution in [0.3, 0.4) is 0 Å². The highest BCUT2D eigenvalue weighted by Crippen LogP contribution is 2.32. The number of benzene rings is 1. The molecule has 8 heteroatoms. The number of urea groups is 1. The molecule has 0 fully saturated rings. The Balaban J connectivity index is 2.15. The minimum absolute atomic E-state index is 0.324. The van der Waals surface area contributed by atoms with Crippen molar-refractivity contribution < 1.29 is 14.3 Å². The summed E-state index contributed by atoms with van der Waals surface area (Å²) in [5.74, 6) is 0.326. The molecule has 0 radical (unpaired) electrons. The number of hydrogen-bond acceptors (Lipinski definition) is 5. The number of amides is 3. The topological polar surface area (TPSA) is 106 Å². The first-order valence-electron chi connectivity index (χ1n) is 7.35. The lowest BCUT2D eigenvalue weighted by atomic mass is 10.1. The van der Waals surface area contributed by atoms with Gasteiger partial charge in [-0.05, 0) is 18.6 Å². The molecular weight excluding hydrogens is 316 g/mol. The third-order valence-corrected chi connectivity index (χ3v) is 4.25. The Labute approximate surface area is 138 Å². The van der Waals surface area contributed by atoms with Gasteiger partial charge in [-0.3, -0.25) is 4.79 Å². The highest BCUT2D eigenvalue weighted by atomic mass is 32.1. The second kappa shape index (κ2) is 7.77. The summed E-state index contributed by atoms with van der Waals surface area (Å²) < 4.78 is 6.17. The SMILES string of the molecule is CCCC[C@H](NC(N)=O)C(=O)Nc1nc2c(OC)cccc2s1. The van der Waals surface area contributed by atoms with Crippen LogP contribution in [-0.2, 0) is 4.79 Å². The summed E-state index contributed by atoms with van der Waals surface area (Å²) in [4.78, 5) is 27.8. The molecule has 0 aliphatic carbocycles. The Morgan fingerprint density at radius 3 is 2.87 bits per heavy atom. The van der Waals surface area contributed by atoms with Crippen LogP contribution in [0.25, 0.3) is 10.2 Å². The van der Waals surface area contributed by atoms with Crippen LogP contribution >= 0.6 is 11.3 Å². The van der Waals surface area contributed by atoms with Crippen LogP contribution in [0.15, 0.2) is 18.2 Å². The number of thiazole rings is 1. The lowest BCUT2D eigenvalue weighted by Crippen LogP contribution is -2.46. The van der Waals surface area contributed by atoms with E-state index in [2.05, 4.69) is 15.6 Å². The predicted molar refractivity (Wildman–Crippen MR) is 90.8 cm³/mol. The zero-order valence-corrected chi connectivity index (χ0v) is 13.9. The second-order valence-electron chi connectivity index (χ2n) is 5.02. The van der Waals surface area contributed by atoms with Crippen LogP contribution in [0, 0.1) is 0 Å². The number of rotatable bonds is 7. The van der Waals surface area contributed by atoms with E-state index >= 15 is 0 Å². The van der Waals surface area contributed by atoms with Crippen molar-refractivity contribution in [3.05, 3.63) is 18.2 Å². The summed E-state index contributed by atoms with van der Waals surface area (Å²) in [6.45, 7) is 2.01. The van der Waals surface area contributed by atoms with Gasteiger partial charge in [0.2, 0.25) is 5.91 Å². The minimum atomic E-state index is -0.716. The number of primary amides is 1. The van der Waals surface area contributed by atoms with Crippen molar-refractivity contribution >= 4 is 38.6 Å². The molecule has 4 N–H and O–H groups in total. The molecule has 23 heavy (non-hydrogen) atoms. The van der Waals surface area contributed by atoms with E-state index < -0.39 is 12.1 Å². The largest absolute Gasteiger partial charge is 0.494 e. The molecule has 2 rings (SSSR count). The number of nitrogens with zero attached hydrogens (tertiary/aromatic N) is 1. The molecule has 0 saturated carbocycles. The summed E-state index contributed by atoms with van der Waals surface area (Å²) in [6, 6.07) is 4.20. The van der Waals surface area contributed by atoms with Gasteiger partial charge in [0.05, 0.1) is 11.8 Å². The van der Waals surface area contributed by atoms with E-state index in [9.17, 15) is 9.59 Å². The predicted octanol–water partition coefficient (Wildman–Crippen LogP) is 2.47. The fourth-order valence-electron chi connectivity index (χ4n) is 2.18. The number of methoxy groups -OCH3 is 1. The normalized spacial score (nSPS) is 11.9. The number of aromatic nitrogens is 1. The lowest BCUT2D eigenvalue weighted by molar-refractivity contribution is -0.118. The van der Waals surface area contributed by atoms with Crippen LogP contribution in [0.2, 0.25) is 0 Å². The van der Waals surface area contributed by atoms with Gasteiger partial charge in [-0.2, -0.15) is 0 Å². The van der Waals surface area contributed by atoms with Gasteiger partial charge in [0.15, 0.2) is 5.13 Å². The molecule has 3 amide bonds. The average Bonchev–Trinajstić information content (AvgIpc) is 2.93. The number of nitrogens with two attached hydrogens (primary N) is 1. The minimum Gasteiger partial charge on any atom is -0.494 e. The van der Waals surface area contributed by atoms with Crippen molar-refractivity contribution in [3.63, 3.8) is 0 Å². The maximum atomic E-state index is 12.3. The van der Waals surface area contributed by atoms with Crippen LogP contribution in [0.5, 0.6) is 5.75 Å². The fourth-order valence-corrected chi connectivity index (χ4v) is 3.07. The lowest BCUT2D eigenvalue weighted by Gasteiger charge is -2.15. The number of hydrogen-bond donors (Lipinski definition) is 3. The molecule has 1 aromatic heterocycles. The standard InChI is InChI=1S/C15H20N4O3S/c1-3-4-6-9(17-14(16)21)13(20)19-15-18-12-10(22-2)7-5-8-11(12)23-15/h5,7-9H,3-4,6H2,1-2H3,(H3,16,17,21)(H,18,19,20)/t9-/m0/s1. The average molecular weight is 336 g/mol. The van der Waals surface area contributed by atoms with Gasteiger partial charge in [-0.15, -0.1) is 0 Å². The van der Waals surface area contributed by atoms with Crippen LogP contribution in [0.4, 0.5) is 9.93 Å². The summed E-state index contributed by atoms with van der Waals surface area (Å²) in [5.41, 5.74) is 5.83. The zero-order valence-electron chi connectivity index (χ0n) is 13.1. The van der Waals surface area contributed by atoms with Gasteiger partial charge >= 0.3 is 6.03 Å². The van der Waals surface area contributed by atoms with Gasteiger partial charge in [0, 0.05) is 0 Å². The van der Waals surface area contributed by atoms with Gasteiger partial charge < -0.3 is 21.1 Å². The van der Waals surface area contributed by atoms with Crippen molar-refractivity contribution in [2.24, 2.45) is 5.73 Å². The Bertz CT molecular complexity index is 701. The molecule has 2 aromatic rings. The molecule has 1 atom stereocenters. The van der Waals surface area contributed by atoms with Crippen LogP contribution in [-0.4, -0.2) is 30.1 Å². The Morgan fingerprint density at radius 2 is 2.22 bits per heavy atom. The van der Waals surface area contributed by atoms with E-state index in [4.69, 9.17) is 10.5 Å². The van der Waals surface area contributed by atoms with Crippen molar-refractivity contribution in [1.29, 1.82) is 0 Å². The molecule has 0 bridgehead atoms. The van der Waals surface area contributed by atoms with E-state index in [1.807, 2.05) is 25.1 Å². The monoisotopic (exact) mass is 336 g/mol. The number of fused-ring (bicyclic) bond motifs is 1. The number of carbonyl (C=O) groups excluding carboxylic acids is 2. The van der Waals surface area contributed by atoms with Crippen molar-refractivity contribution in [3.8, 4) is 5.75 Å². The smallest absolute Gasteiger partial charge is 0.312 e. The zero-order chi connectivity index (χ0) is 16.8. The summed E-state index contributed by atoms with van der Waals surface area (Å²) in [7, 11) is 1.57. The van der Waals surface area contributed by atoms with Gasteiger partial charge in [0.25, 0.3) is 0 Å². The number of nitrogens with one attached hydrogen (secondary N) is 2. The number of para-hydroxylation sites is 1. The third kappa shape index (κ3) is 4.32. The molecule has 0 saturated heterocycles. The first-order valence-corrected chi connectivity index (χ1v) is 8.17. The molecule has 7 nitrogen and oxygen atoms in total. The first-order chi connectivity index (χ1) is 11.0. The Kier molecular flexibility index (Phi) is 5.75. The summed E-state index contributed by atoms with van der Waals surface area (Å²) in [5, 5.41) is 5.67. The van der Waals surface area contributed by atoms with Gasteiger partial charge in [-0.25, -0.2) is 9.78 Å². The molecule has 1 heterocycles. The Morgan fingerprint density at radius 1 is 1.43 bits per heavy atom. The van der Waals surface area contributed by atoms with Crippen LogP contribution < -0.4 is 21.1 Å². The van der Waals surface area contributed by atoms with E-state index in [-0.39, 0.29) is 5.91 Å². The maximum absolute atomic E-state index is 12.3. The molecule has 0 aliphatic rings. The van der Waals surface area contributed by atoms with E-state index in [0.29, 0.717) is 22.8 Å². The van der Waals surface area contributed by atoms with E-state index in [1.165, 1.54) is 11.3 Å². The molecule has 0 unspecified atom stereocenters. The summed E-state index contributed by atoms with van der Waals surface area (Å²) >= 11 is 1.35. The van der Waals surface area contributed by atoms with Crippen molar-refractivity contribution in [2.75, 3.05) is 12.4 Å². The second-order valence-corrected chi connectivity index (χ2v) is 6.05. The number of ether oxygens (including phenoxy) is 1. The molecule has 1 aromatic carbocycles. The first kappa shape index (κ1) is 17.0. The molecular formula is C15H20N4O3S. The highest BCUT2D eigenvalue weighted by Gasteiger charge is 2.21. The number of unbranched alkanes of at least 4 members (excludes halogenated alkanes) is 1. The van der Waals surface area contributed by atoms with E-state index in [0.717, 1.165) is 17.5 Å². The van der Waals surface area contributed by atoms with E-state index in [1.54, 1.807) is 7.11 Å². The third-order valence-electron chi connectivity index (χ3n) is 3.31. The number of carbonyl (C=O) groups is 2.